The number of nitrogens with two attached hydrogens (primary N) is 1. The Morgan fingerprint density at radius 1 is 1.34 bits per heavy atom. The quantitative estimate of drug-likeness (QED) is 0.147. The van der Waals surface area contributed by atoms with Crippen LogP contribution in [-0.2, 0) is 38.2 Å². The summed E-state index contributed by atoms with van der Waals surface area (Å²) in [5.74, 6) is -2.75. The lowest BCUT2D eigenvalue weighted by Gasteiger charge is -2.49. The van der Waals surface area contributed by atoms with E-state index in [9.17, 15) is 24.0 Å². The van der Waals surface area contributed by atoms with E-state index >= 15 is 0 Å². The number of β-lactam (4-membered cyclic amide) rings is 1. The minimum Gasteiger partial charge on any atom is -0.462 e. The summed E-state index contributed by atoms with van der Waals surface area (Å²) in [6, 6.07) is 2.03. The molecule has 3 amide bonds. The number of hydrogen-bond donors (Lipinski definition) is 2. The summed E-state index contributed by atoms with van der Waals surface area (Å²) in [6.07, 6.45) is -0.976. The van der Waals surface area contributed by atoms with Gasteiger partial charge in [-0.3, -0.25) is 19.3 Å². The van der Waals surface area contributed by atoms with Gasteiger partial charge < -0.3 is 34.5 Å². The van der Waals surface area contributed by atoms with Crippen molar-refractivity contribution in [2.24, 2.45) is 10.9 Å². The maximum Gasteiger partial charge on any atom is 0.404 e. The van der Waals surface area contributed by atoms with Gasteiger partial charge in [-0.15, -0.1) is 11.8 Å². The largest absolute Gasteiger partial charge is 0.462 e. The average molecular weight is 510 g/mol. The topological polar surface area (TPSA) is 189 Å². The maximum atomic E-state index is 13.0. The number of hydrogen-bond acceptors (Lipinski definition) is 12. The molecule has 1 aromatic heterocycles. The predicted molar refractivity (Wildman–Crippen MR) is 117 cm³/mol. The third-order valence-corrected chi connectivity index (χ3v) is 6.01. The summed E-state index contributed by atoms with van der Waals surface area (Å²) in [5.41, 5.74) is 4.89. The first-order valence-corrected chi connectivity index (χ1v) is 11.1. The van der Waals surface area contributed by atoms with E-state index in [0.29, 0.717) is 0 Å². The van der Waals surface area contributed by atoms with Gasteiger partial charge in [0.15, 0.2) is 5.76 Å². The molecule has 3 rings (SSSR count). The van der Waals surface area contributed by atoms with Crippen molar-refractivity contribution in [3.63, 3.8) is 0 Å². The van der Waals surface area contributed by atoms with Gasteiger partial charge in [0.25, 0.3) is 11.8 Å². The van der Waals surface area contributed by atoms with Crippen molar-refractivity contribution >= 4 is 47.3 Å². The smallest absolute Gasteiger partial charge is 0.404 e. The molecule has 1 aromatic rings. The number of nitrogens with one attached hydrogen (secondary N) is 1. The highest BCUT2D eigenvalue weighted by Gasteiger charge is 2.55. The highest BCUT2D eigenvalue weighted by atomic mass is 32.2. The highest BCUT2D eigenvalue weighted by Crippen LogP contribution is 2.41. The molecule has 14 nitrogen and oxygen atoms in total. The van der Waals surface area contributed by atoms with Crippen LogP contribution in [0.1, 0.15) is 19.6 Å². The van der Waals surface area contributed by atoms with Crippen molar-refractivity contribution in [1.82, 2.24) is 10.2 Å². The third-order valence-electron chi connectivity index (χ3n) is 4.67. The molecule has 0 radical (unpaired) electrons. The lowest BCUT2D eigenvalue weighted by Crippen LogP contribution is -2.71. The van der Waals surface area contributed by atoms with E-state index in [1.54, 1.807) is 6.07 Å². The van der Waals surface area contributed by atoms with Crippen molar-refractivity contribution in [3.05, 3.63) is 35.4 Å². The van der Waals surface area contributed by atoms with Gasteiger partial charge in [0.05, 0.1) is 6.26 Å². The number of nitrogens with zero attached hydrogens (tertiary/aromatic N) is 2. The molecule has 0 aliphatic carbocycles. The van der Waals surface area contributed by atoms with E-state index in [1.807, 2.05) is 0 Å². The van der Waals surface area contributed by atoms with Crippen LogP contribution < -0.4 is 11.1 Å². The molecule has 1 fully saturated rings. The summed E-state index contributed by atoms with van der Waals surface area (Å²) in [7, 11) is 1.25. The molecule has 0 aromatic carbocycles. The third kappa shape index (κ3) is 5.74. The predicted octanol–water partition coefficient (Wildman–Crippen LogP) is -0.168. The van der Waals surface area contributed by atoms with E-state index in [2.05, 4.69) is 10.5 Å². The molecule has 0 spiro atoms. The number of carbonyl (C=O) groups excluding carboxylic acids is 5. The minimum atomic E-state index is -1.24. The van der Waals surface area contributed by atoms with Crippen molar-refractivity contribution in [2.45, 2.75) is 31.6 Å². The minimum absolute atomic E-state index is 0.124. The first-order valence-electron chi connectivity index (χ1n) is 10.1. The lowest BCUT2D eigenvalue weighted by molar-refractivity contribution is -0.182. The van der Waals surface area contributed by atoms with Crippen LogP contribution in [0, 0.1) is 0 Å². The Hall–Kier alpha value is -4.01. The van der Waals surface area contributed by atoms with Gasteiger partial charge in [-0.2, -0.15) is 0 Å². The molecule has 3 N–H and O–H groups in total. The first kappa shape index (κ1) is 25.6. The number of amides is 3. The van der Waals surface area contributed by atoms with Gasteiger partial charge in [-0.05, 0) is 12.1 Å². The second kappa shape index (κ2) is 10.9. The summed E-state index contributed by atoms with van der Waals surface area (Å²) >= 11 is 1.21. The second-order valence-corrected chi connectivity index (χ2v) is 8.21. The standard InChI is InChI=1S/C20H22N4O10S/c1-9(25)33-10(2)34-19(28)15-11(7-32-20(21)29)8-35-18-14(17(27)24(15)18)22-16(26)13(23-30-3)12-5-4-6-31-12/h4-6,10,14,18H,7-8H2,1-3H3,(H2,21,29)(H,22,26)/b23-13-/t10-,14?,18+/m1/s1. The number of carbonyl (C=O) groups is 5. The van der Waals surface area contributed by atoms with E-state index in [0.717, 1.165) is 11.8 Å². The average Bonchev–Trinajstić information content (AvgIpc) is 3.32. The van der Waals surface area contributed by atoms with Gasteiger partial charge in [-0.25, -0.2) is 9.59 Å². The number of rotatable bonds is 9. The van der Waals surface area contributed by atoms with Crippen molar-refractivity contribution in [1.29, 1.82) is 0 Å². The Morgan fingerprint density at radius 2 is 2.09 bits per heavy atom. The number of thioether (sulfide) groups is 1. The summed E-state index contributed by atoms with van der Waals surface area (Å²) in [5, 5.41) is 5.53. The Balaban J connectivity index is 1.80. The maximum absolute atomic E-state index is 13.0. The van der Waals surface area contributed by atoms with Crippen LogP contribution in [0.5, 0.6) is 0 Å². The number of fused-ring (bicyclic) bond motifs is 1. The van der Waals surface area contributed by atoms with E-state index < -0.39 is 47.6 Å². The zero-order valence-corrected chi connectivity index (χ0v) is 19.7. The Kier molecular flexibility index (Phi) is 8.01. The molecule has 0 bridgehead atoms. The van der Waals surface area contributed by atoms with Crippen LogP contribution >= 0.6 is 11.8 Å². The van der Waals surface area contributed by atoms with Crippen LogP contribution in [0.2, 0.25) is 0 Å². The fraction of sp³-hybridized carbons (Fsp3) is 0.400. The van der Waals surface area contributed by atoms with Crippen molar-refractivity contribution in [3.8, 4) is 0 Å². The van der Waals surface area contributed by atoms with Gasteiger partial charge >= 0.3 is 18.0 Å². The fourth-order valence-electron chi connectivity index (χ4n) is 3.32. The number of oxime groups is 1. The number of furan rings is 1. The first-order chi connectivity index (χ1) is 16.6. The van der Waals surface area contributed by atoms with E-state index in [1.165, 1.54) is 38.1 Å². The monoisotopic (exact) mass is 510 g/mol. The van der Waals surface area contributed by atoms with Gasteiger partial charge in [0.1, 0.15) is 30.8 Å². The molecule has 2 aliphatic rings. The molecular formula is C20H22N4O10S. The van der Waals surface area contributed by atoms with Crippen molar-refractivity contribution in [2.75, 3.05) is 19.5 Å². The molecular weight excluding hydrogens is 488 g/mol. The summed E-state index contributed by atoms with van der Waals surface area (Å²) in [4.78, 5) is 66.7. The summed E-state index contributed by atoms with van der Waals surface area (Å²) in [6.45, 7) is 2.09. The second-order valence-electron chi connectivity index (χ2n) is 7.10. The Bertz CT molecular complexity index is 1080. The molecule has 2 aliphatic heterocycles. The van der Waals surface area contributed by atoms with E-state index in [4.69, 9.17) is 29.2 Å². The van der Waals surface area contributed by atoms with Crippen LogP contribution in [0.4, 0.5) is 4.79 Å². The number of esters is 2. The molecule has 0 saturated carbocycles. The van der Waals surface area contributed by atoms with Crippen LogP contribution in [-0.4, -0.2) is 77.6 Å². The molecule has 3 heterocycles. The molecule has 1 unspecified atom stereocenters. The van der Waals surface area contributed by atoms with Gasteiger partial charge in [-0.1, -0.05) is 5.16 Å². The summed E-state index contributed by atoms with van der Waals surface area (Å²) < 4.78 is 19.9. The number of primary amides is 1. The highest BCUT2D eigenvalue weighted by molar-refractivity contribution is 8.00. The van der Waals surface area contributed by atoms with E-state index in [-0.39, 0.29) is 35.1 Å². The molecule has 188 valence electrons. The van der Waals surface area contributed by atoms with Crippen molar-refractivity contribution < 1.29 is 47.4 Å². The van der Waals surface area contributed by atoms with Crippen LogP contribution in [0.25, 0.3) is 0 Å². The number of ether oxygens (including phenoxy) is 3. The normalized spacial score (nSPS) is 20.3. The molecule has 3 atom stereocenters. The Labute approximate surface area is 202 Å². The van der Waals surface area contributed by atoms with Gasteiger partial charge in [0.2, 0.25) is 12.0 Å². The zero-order valence-electron chi connectivity index (χ0n) is 18.8. The van der Waals surface area contributed by atoms with Crippen LogP contribution in [0.3, 0.4) is 0 Å². The molecule has 15 heteroatoms. The lowest BCUT2D eigenvalue weighted by atomic mass is 10.0. The molecule has 35 heavy (non-hydrogen) atoms. The van der Waals surface area contributed by atoms with Crippen LogP contribution in [0.15, 0.2) is 39.2 Å². The van der Waals surface area contributed by atoms with Gasteiger partial charge in [0, 0.05) is 25.2 Å². The SMILES string of the molecule is CO/N=C(\C(=O)NC1C(=O)N2C(C(=O)O[C@H](C)OC(C)=O)=C(COC(N)=O)CS[C@@H]12)c1ccco1. The Morgan fingerprint density at radius 3 is 2.69 bits per heavy atom. The zero-order chi connectivity index (χ0) is 25.7. The molecule has 1 saturated heterocycles. The fourth-order valence-corrected chi connectivity index (χ4v) is 4.65.